The number of benzene rings is 1. The summed E-state index contributed by atoms with van der Waals surface area (Å²) in [7, 11) is 5.07. The van der Waals surface area contributed by atoms with E-state index in [1.165, 1.54) is 4.90 Å². The third kappa shape index (κ3) is 11.6. The number of hydrogen-bond acceptors (Lipinski definition) is 4. The van der Waals surface area contributed by atoms with Crippen molar-refractivity contribution < 1.29 is 14.3 Å². The number of halogens is 1. The van der Waals surface area contributed by atoms with Gasteiger partial charge in [0, 0.05) is 34.3 Å². The fourth-order valence-electron chi connectivity index (χ4n) is 1.72. The van der Waals surface area contributed by atoms with E-state index in [9.17, 15) is 4.79 Å². The number of guanidine groups is 1. The summed E-state index contributed by atoms with van der Waals surface area (Å²) in [5, 5.41) is 6.32. The molecule has 8 heteroatoms. The summed E-state index contributed by atoms with van der Waals surface area (Å²) in [5.41, 5.74) is 0. The van der Waals surface area contributed by atoms with Gasteiger partial charge in [0.15, 0.2) is 5.96 Å². The number of amides is 1. The van der Waals surface area contributed by atoms with Gasteiger partial charge in [0.25, 0.3) is 0 Å². The van der Waals surface area contributed by atoms with Gasteiger partial charge in [-0.15, -0.1) is 24.0 Å². The molecule has 0 saturated heterocycles. The highest BCUT2D eigenvalue weighted by Gasteiger charge is 2.04. The predicted molar refractivity (Wildman–Crippen MR) is 111 cm³/mol. The molecule has 0 bridgehead atoms. The molecule has 1 aromatic rings. The Morgan fingerprint density at radius 1 is 1.12 bits per heavy atom. The number of methoxy groups -OCH3 is 1. The van der Waals surface area contributed by atoms with Crippen LogP contribution in [0.4, 0.5) is 0 Å². The Kier molecular flexibility index (Phi) is 13.8. The van der Waals surface area contributed by atoms with Crippen molar-refractivity contribution in [3.63, 3.8) is 0 Å². The number of rotatable bonds is 10. The predicted octanol–water partition coefficient (Wildman–Crippen LogP) is 1.34. The van der Waals surface area contributed by atoms with Crippen LogP contribution in [0.5, 0.6) is 5.75 Å². The molecular formula is C17H29IN4O3. The average molecular weight is 464 g/mol. The first-order chi connectivity index (χ1) is 11.6. The molecule has 0 aliphatic rings. The lowest BCUT2D eigenvalue weighted by molar-refractivity contribution is -0.127. The first-order valence-corrected chi connectivity index (χ1v) is 8.02. The lowest BCUT2D eigenvalue weighted by Gasteiger charge is -2.13. The molecule has 0 aliphatic heterocycles. The van der Waals surface area contributed by atoms with Crippen LogP contribution in [0.2, 0.25) is 0 Å². The number of hydrogen-bond donors (Lipinski definition) is 2. The molecule has 7 nitrogen and oxygen atoms in total. The molecule has 25 heavy (non-hydrogen) atoms. The topological polar surface area (TPSA) is 75.2 Å². The number of aliphatic imine (C=N–C) groups is 1. The number of likely N-dealkylation sites (N-methyl/N-ethyl adjacent to an activating group) is 1. The Bertz CT molecular complexity index is 498. The zero-order valence-corrected chi connectivity index (χ0v) is 17.5. The van der Waals surface area contributed by atoms with Crippen molar-refractivity contribution in [2.24, 2.45) is 4.99 Å². The SMILES string of the molecule is COCCNC(=NCC(=O)N(C)C)NCCCOc1ccccc1.I. The van der Waals surface area contributed by atoms with Crippen molar-refractivity contribution >= 4 is 35.8 Å². The largest absolute Gasteiger partial charge is 0.494 e. The third-order valence-electron chi connectivity index (χ3n) is 3.10. The van der Waals surface area contributed by atoms with Crippen LogP contribution in [-0.4, -0.2) is 70.8 Å². The zero-order chi connectivity index (χ0) is 17.6. The highest BCUT2D eigenvalue weighted by Crippen LogP contribution is 2.07. The highest BCUT2D eigenvalue weighted by atomic mass is 127. The van der Waals surface area contributed by atoms with Gasteiger partial charge in [-0.3, -0.25) is 4.79 Å². The Labute approximate surface area is 167 Å². The normalized spacial score (nSPS) is 10.6. The fourth-order valence-corrected chi connectivity index (χ4v) is 1.72. The maximum absolute atomic E-state index is 11.6. The van der Waals surface area contributed by atoms with Crippen LogP contribution in [-0.2, 0) is 9.53 Å². The molecule has 0 aliphatic carbocycles. The van der Waals surface area contributed by atoms with E-state index in [1.807, 2.05) is 30.3 Å². The molecule has 1 rings (SSSR count). The summed E-state index contributed by atoms with van der Waals surface area (Å²) in [5.74, 6) is 1.42. The molecule has 1 aromatic carbocycles. The molecule has 1 amide bonds. The lowest BCUT2D eigenvalue weighted by Crippen LogP contribution is -2.40. The summed E-state index contributed by atoms with van der Waals surface area (Å²) in [4.78, 5) is 17.4. The van der Waals surface area contributed by atoms with Crippen molar-refractivity contribution in [1.29, 1.82) is 0 Å². The number of carbonyl (C=O) groups is 1. The Morgan fingerprint density at radius 3 is 2.44 bits per heavy atom. The number of nitrogens with one attached hydrogen (secondary N) is 2. The van der Waals surface area contributed by atoms with Crippen LogP contribution in [0.25, 0.3) is 0 Å². The average Bonchev–Trinajstić information content (AvgIpc) is 2.59. The van der Waals surface area contributed by atoms with Crippen LogP contribution in [0.1, 0.15) is 6.42 Å². The molecule has 0 atom stereocenters. The first-order valence-electron chi connectivity index (χ1n) is 8.02. The summed E-state index contributed by atoms with van der Waals surface area (Å²) in [6.45, 7) is 2.61. The van der Waals surface area contributed by atoms with E-state index < -0.39 is 0 Å². The number of ether oxygens (including phenoxy) is 2. The standard InChI is InChI=1S/C17H28N4O3.HI/c1-21(2)16(22)14-20-17(19-11-13-23-3)18-10-7-12-24-15-8-5-4-6-9-15;/h4-6,8-9H,7,10-14H2,1-3H3,(H2,18,19,20);1H. The van der Waals surface area contributed by atoms with Crippen molar-refractivity contribution in [3.8, 4) is 5.75 Å². The monoisotopic (exact) mass is 464 g/mol. The molecule has 0 unspecified atom stereocenters. The van der Waals surface area contributed by atoms with Crippen LogP contribution in [0, 0.1) is 0 Å². The number of carbonyl (C=O) groups excluding carboxylic acids is 1. The number of nitrogens with zero attached hydrogens (tertiary/aromatic N) is 2. The van der Waals surface area contributed by atoms with E-state index in [0.717, 1.165) is 12.2 Å². The quantitative estimate of drug-likeness (QED) is 0.237. The maximum atomic E-state index is 11.6. The van der Waals surface area contributed by atoms with Crippen molar-refractivity contribution in [2.45, 2.75) is 6.42 Å². The molecule has 0 spiro atoms. The van der Waals surface area contributed by atoms with Crippen molar-refractivity contribution in [2.75, 3.05) is 54.1 Å². The summed E-state index contributed by atoms with van der Waals surface area (Å²) in [6, 6.07) is 9.70. The molecular weight excluding hydrogens is 435 g/mol. The molecule has 0 aromatic heterocycles. The third-order valence-corrected chi connectivity index (χ3v) is 3.10. The molecule has 142 valence electrons. The minimum absolute atomic E-state index is 0. The van der Waals surface area contributed by atoms with Gasteiger partial charge in [-0.25, -0.2) is 4.99 Å². The Balaban J connectivity index is 0.00000576. The molecule has 2 N–H and O–H groups in total. The van der Waals surface area contributed by atoms with E-state index in [4.69, 9.17) is 9.47 Å². The highest BCUT2D eigenvalue weighted by molar-refractivity contribution is 14.0. The van der Waals surface area contributed by atoms with Gasteiger partial charge in [0.2, 0.25) is 5.91 Å². The summed E-state index contributed by atoms with van der Waals surface area (Å²) in [6.07, 6.45) is 0.821. The zero-order valence-electron chi connectivity index (χ0n) is 15.2. The maximum Gasteiger partial charge on any atom is 0.243 e. The number of para-hydroxylation sites is 1. The summed E-state index contributed by atoms with van der Waals surface area (Å²) >= 11 is 0. The van der Waals surface area contributed by atoms with Crippen LogP contribution in [0.15, 0.2) is 35.3 Å². The van der Waals surface area contributed by atoms with Crippen molar-refractivity contribution in [3.05, 3.63) is 30.3 Å². The minimum atomic E-state index is -0.0461. The molecule has 0 fully saturated rings. The van der Waals surface area contributed by atoms with E-state index in [2.05, 4.69) is 15.6 Å². The van der Waals surface area contributed by atoms with Crippen LogP contribution >= 0.6 is 24.0 Å². The van der Waals surface area contributed by atoms with Gasteiger partial charge in [-0.2, -0.15) is 0 Å². The Morgan fingerprint density at radius 2 is 1.80 bits per heavy atom. The van der Waals surface area contributed by atoms with Crippen LogP contribution in [0.3, 0.4) is 0 Å². The van der Waals surface area contributed by atoms with Gasteiger partial charge >= 0.3 is 0 Å². The van der Waals surface area contributed by atoms with E-state index in [-0.39, 0.29) is 36.4 Å². The second-order valence-corrected chi connectivity index (χ2v) is 5.31. The lowest BCUT2D eigenvalue weighted by atomic mass is 10.3. The second-order valence-electron chi connectivity index (χ2n) is 5.31. The van der Waals surface area contributed by atoms with Gasteiger partial charge < -0.3 is 25.0 Å². The first kappa shape index (κ1) is 23.4. The van der Waals surface area contributed by atoms with Crippen LogP contribution < -0.4 is 15.4 Å². The smallest absolute Gasteiger partial charge is 0.243 e. The van der Waals surface area contributed by atoms with Gasteiger partial charge in [0.1, 0.15) is 12.3 Å². The van der Waals surface area contributed by atoms with Gasteiger partial charge in [-0.05, 0) is 18.6 Å². The molecule has 0 heterocycles. The van der Waals surface area contributed by atoms with E-state index in [1.54, 1.807) is 21.2 Å². The second kappa shape index (κ2) is 14.8. The van der Waals surface area contributed by atoms with Crippen molar-refractivity contribution in [1.82, 2.24) is 15.5 Å². The fraction of sp³-hybridized carbons (Fsp3) is 0.529. The Hall–Kier alpha value is -1.55. The van der Waals surface area contributed by atoms with Gasteiger partial charge in [0.05, 0.1) is 13.2 Å². The summed E-state index contributed by atoms with van der Waals surface area (Å²) < 4.78 is 10.6. The molecule has 0 radical (unpaired) electrons. The van der Waals surface area contributed by atoms with Gasteiger partial charge in [-0.1, -0.05) is 18.2 Å². The van der Waals surface area contributed by atoms with E-state index >= 15 is 0 Å². The molecule has 0 saturated carbocycles. The minimum Gasteiger partial charge on any atom is -0.494 e. The van der Waals surface area contributed by atoms with E-state index in [0.29, 0.717) is 32.3 Å².